The highest BCUT2D eigenvalue weighted by molar-refractivity contribution is 5.83. The number of nitrogens with two attached hydrogens (primary N) is 1. The van der Waals surface area contributed by atoms with Crippen LogP contribution in [0.15, 0.2) is 58.1 Å². The van der Waals surface area contributed by atoms with Crippen molar-refractivity contribution in [3.8, 4) is 0 Å². The van der Waals surface area contributed by atoms with Gasteiger partial charge in [-0.1, -0.05) is 45.1 Å². The molecule has 0 spiro atoms. The summed E-state index contributed by atoms with van der Waals surface area (Å²) in [5.74, 6) is 0.616. The van der Waals surface area contributed by atoms with E-state index in [1.165, 1.54) is 6.08 Å². The van der Waals surface area contributed by atoms with E-state index >= 15 is 0 Å². The Morgan fingerprint density at radius 2 is 1.95 bits per heavy atom. The number of unbranched alkanes of at least 4 members (excludes halogenated alkanes) is 3. The number of carbonyl (C=O) groups is 2. The molecule has 0 aromatic carbocycles. The molecular formula is C30H44N6O4. The highest BCUT2D eigenvalue weighted by Crippen LogP contribution is 2.27. The summed E-state index contributed by atoms with van der Waals surface area (Å²) in [5.41, 5.74) is 7.66. The number of aromatic amines is 2. The predicted octanol–water partition coefficient (Wildman–Crippen LogP) is 3.99. The first-order valence-corrected chi connectivity index (χ1v) is 14.4. The van der Waals surface area contributed by atoms with Crippen LogP contribution < -0.4 is 21.9 Å². The summed E-state index contributed by atoms with van der Waals surface area (Å²) in [6.45, 7) is 2.50. The molecular weight excluding hydrogens is 508 g/mol. The molecule has 0 amide bonds. The number of anilines is 1. The van der Waals surface area contributed by atoms with Crippen LogP contribution in [0, 0.1) is 11.8 Å². The molecule has 10 heteroatoms. The average Bonchev–Trinajstić information content (AvgIpc) is 3.45. The van der Waals surface area contributed by atoms with E-state index < -0.39 is 5.97 Å². The zero-order valence-corrected chi connectivity index (χ0v) is 23.4. The van der Waals surface area contributed by atoms with Gasteiger partial charge in [0.2, 0.25) is 5.56 Å². The second-order valence-corrected chi connectivity index (χ2v) is 10.8. The molecule has 40 heavy (non-hydrogen) atoms. The number of hydrogen-bond acceptors (Lipinski definition) is 7. The van der Waals surface area contributed by atoms with E-state index in [1.54, 1.807) is 12.3 Å². The fraction of sp³-hybridized carbons (Fsp3) is 0.533. The molecule has 218 valence electrons. The molecule has 1 aliphatic rings. The number of aldehydes is 1. The highest BCUT2D eigenvalue weighted by atomic mass is 16.4. The van der Waals surface area contributed by atoms with Crippen LogP contribution in [0.2, 0.25) is 0 Å². The molecule has 1 aliphatic heterocycles. The lowest BCUT2D eigenvalue weighted by atomic mass is 9.85. The summed E-state index contributed by atoms with van der Waals surface area (Å²) < 4.78 is 0. The fourth-order valence-electron chi connectivity index (χ4n) is 5.35. The number of carboxylic acids is 1. The lowest BCUT2D eigenvalue weighted by Gasteiger charge is -2.32. The second kappa shape index (κ2) is 16.3. The van der Waals surface area contributed by atoms with E-state index in [1.807, 2.05) is 31.3 Å². The van der Waals surface area contributed by atoms with Crippen LogP contribution >= 0.6 is 0 Å². The van der Waals surface area contributed by atoms with Gasteiger partial charge in [0.15, 0.2) is 5.96 Å². The van der Waals surface area contributed by atoms with Crippen LogP contribution in [0.1, 0.15) is 70.3 Å². The van der Waals surface area contributed by atoms with E-state index in [0.717, 1.165) is 81.0 Å². The summed E-state index contributed by atoms with van der Waals surface area (Å²) in [5, 5.41) is 16.4. The maximum absolute atomic E-state index is 11.9. The van der Waals surface area contributed by atoms with Crippen LogP contribution in [-0.2, 0) is 16.0 Å². The molecule has 0 radical (unpaired) electrons. The normalized spacial score (nSPS) is 17.8. The van der Waals surface area contributed by atoms with Gasteiger partial charge in [0.05, 0.1) is 12.1 Å². The minimum Gasteiger partial charge on any atom is -0.478 e. The summed E-state index contributed by atoms with van der Waals surface area (Å²) in [6, 6.07) is 6.81. The maximum Gasteiger partial charge on any atom is 0.328 e. The Kier molecular flexibility index (Phi) is 12.5. The lowest BCUT2D eigenvalue weighted by Crippen LogP contribution is -2.48. The van der Waals surface area contributed by atoms with Gasteiger partial charge in [0.25, 0.3) is 0 Å². The number of guanidine groups is 1. The first-order chi connectivity index (χ1) is 19.3. The van der Waals surface area contributed by atoms with Crippen LogP contribution in [-0.4, -0.2) is 51.9 Å². The molecule has 4 atom stereocenters. The Hall–Kier alpha value is -3.82. The average molecular weight is 553 g/mol. The van der Waals surface area contributed by atoms with E-state index in [9.17, 15) is 19.5 Å². The molecule has 2 aromatic rings. The third kappa shape index (κ3) is 10.7. The second-order valence-electron chi connectivity index (χ2n) is 10.8. The summed E-state index contributed by atoms with van der Waals surface area (Å²) in [6.07, 6.45) is 15.3. The van der Waals surface area contributed by atoms with E-state index in [0.29, 0.717) is 24.8 Å². The van der Waals surface area contributed by atoms with E-state index in [2.05, 4.69) is 25.6 Å². The first kappa shape index (κ1) is 30.7. The SMILES string of the molecule is CC(C=O)CCCCCCC(CCC(Nc1ccc[nH]1)C(=CC(=O)O)C1CCN=C(N)N1)Cc1ccc(=O)[nH]c1. The number of carboxylic acid groups (broad SMARTS) is 1. The van der Waals surface area contributed by atoms with Gasteiger partial charge in [-0.3, -0.25) is 9.79 Å². The van der Waals surface area contributed by atoms with Crippen molar-refractivity contribution in [1.29, 1.82) is 0 Å². The maximum atomic E-state index is 11.9. The van der Waals surface area contributed by atoms with Crippen LogP contribution in [0.4, 0.5) is 5.82 Å². The molecule has 3 rings (SSSR count). The van der Waals surface area contributed by atoms with Crippen molar-refractivity contribution >= 4 is 24.0 Å². The van der Waals surface area contributed by atoms with E-state index in [-0.39, 0.29) is 23.6 Å². The molecule has 10 nitrogen and oxygen atoms in total. The molecule has 4 unspecified atom stereocenters. The van der Waals surface area contributed by atoms with Gasteiger partial charge in [-0.05, 0) is 61.3 Å². The fourth-order valence-corrected chi connectivity index (χ4v) is 5.35. The van der Waals surface area contributed by atoms with Gasteiger partial charge >= 0.3 is 5.97 Å². The summed E-state index contributed by atoms with van der Waals surface area (Å²) >= 11 is 0. The number of H-pyrrole nitrogens is 2. The number of rotatable bonds is 18. The standard InChI is InChI=1S/C30H44N6O4/c1-21(20-37)7-4-2-3-5-8-22(17-23-11-13-28(38)34-19-23)10-12-25(35-27-9-6-15-32-27)24(18-29(39)40)26-14-16-33-30(31)36-26/h6,9,11,13,15,18-22,25-26,32,35H,2-5,7-8,10,12,14,16-17H2,1H3,(H,34,38)(H,39,40)(H3,31,33,36). The number of nitrogens with one attached hydrogen (secondary N) is 4. The largest absolute Gasteiger partial charge is 0.478 e. The van der Waals surface area contributed by atoms with Crippen molar-refractivity contribution in [2.45, 2.75) is 83.2 Å². The lowest BCUT2D eigenvalue weighted by molar-refractivity contribution is -0.131. The first-order valence-electron chi connectivity index (χ1n) is 14.4. The van der Waals surface area contributed by atoms with Crippen LogP contribution in [0.5, 0.6) is 0 Å². The third-order valence-corrected chi connectivity index (χ3v) is 7.54. The number of hydrogen-bond donors (Lipinski definition) is 6. The van der Waals surface area contributed by atoms with Crippen LogP contribution in [0.3, 0.4) is 0 Å². The molecule has 0 aliphatic carbocycles. The Bertz CT molecular complexity index is 1150. The minimum absolute atomic E-state index is 0.116. The number of aromatic nitrogens is 2. The number of nitrogens with zero attached hydrogens (tertiary/aromatic N) is 1. The van der Waals surface area contributed by atoms with Crippen LogP contribution in [0.25, 0.3) is 0 Å². The zero-order valence-electron chi connectivity index (χ0n) is 23.4. The summed E-state index contributed by atoms with van der Waals surface area (Å²) in [4.78, 5) is 44.5. The number of carbonyl (C=O) groups excluding carboxylic acids is 1. The molecule has 0 fully saturated rings. The zero-order chi connectivity index (χ0) is 28.7. The monoisotopic (exact) mass is 552 g/mol. The number of aliphatic imine (C=N–C) groups is 1. The molecule has 7 N–H and O–H groups in total. The topological polar surface area (TPSA) is 165 Å². The van der Waals surface area contributed by atoms with Gasteiger partial charge in [-0.15, -0.1) is 0 Å². The molecule has 2 aromatic heterocycles. The smallest absolute Gasteiger partial charge is 0.328 e. The minimum atomic E-state index is -0.996. The molecule has 0 saturated carbocycles. The number of pyridine rings is 1. The Morgan fingerprint density at radius 1 is 1.15 bits per heavy atom. The Morgan fingerprint density at radius 3 is 2.60 bits per heavy atom. The van der Waals surface area contributed by atoms with E-state index in [4.69, 9.17) is 5.73 Å². The van der Waals surface area contributed by atoms with Gasteiger partial charge in [-0.25, -0.2) is 4.79 Å². The molecule has 0 saturated heterocycles. The number of aliphatic carboxylic acids is 1. The molecule has 0 bridgehead atoms. The highest BCUT2D eigenvalue weighted by Gasteiger charge is 2.27. The predicted molar refractivity (Wildman–Crippen MR) is 158 cm³/mol. The van der Waals surface area contributed by atoms with Gasteiger partial charge in [0, 0.05) is 37.0 Å². The van der Waals surface area contributed by atoms with Crippen molar-refractivity contribution in [1.82, 2.24) is 15.3 Å². The quantitative estimate of drug-likeness (QED) is 0.0924. The Labute approximate surface area is 235 Å². The van der Waals surface area contributed by atoms with Crippen molar-refractivity contribution in [2.75, 3.05) is 11.9 Å². The van der Waals surface area contributed by atoms with Gasteiger partial charge in [-0.2, -0.15) is 0 Å². The van der Waals surface area contributed by atoms with Gasteiger partial charge < -0.3 is 36.2 Å². The van der Waals surface area contributed by atoms with Crippen molar-refractivity contribution in [2.24, 2.45) is 22.6 Å². The van der Waals surface area contributed by atoms with Crippen molar-refractivity contribution in [3.63, 3.8) is 0 Å². The van der Waals surface area contributed by atoms with Crippen molar-refractivity contribution < 1.29 is 14.7 Å². The summed E-state index contributed by atoms with van der Waals surface area (Å²) in [7, 11) is 0. The van der Waals surface area contributed by atoms with Crippen molar-refractivity contribution in [3.05, 3.63) is 64.2 Å². The third-order valence-electron chi connectivity index (χ3n) is 7.54. The van der Waals surface area contributed by atoms with Gasteiger partial charge in [0.1, 0.15) is 12.1 Å². The molecule has 3 heterocycles. The Balaban J connectivity index is 1.73.